The lowest BCUT2D eigenvalue weighted by Gasteiger charge is -2.26. The van der Waals surface area contributed by atoms with Crippen molar-refractivity contribution in [2.75, 3.05) is 11.5 Å². The van der Waals surface area contributed by atoms with E-state index in [4.69, 9.17) is 27.9 Å². The van der Waals surface area contributed by atoms with Crippen molar-refractivity contribution in [2.45, 2.75) is 13.3 Å². The maximum atomic E-state index is 14.3. The molecule has 0 atom stereocenters. The fourth-order valence-electron chi connectivity index (χ4n) is 3.68. The first-order valence-corrected chi connectivity index (χ1v) is 11.4. The molecule has 9 heteroatoms. The van der Waals surface area contributed by atoms with Gasteiger partial charge in [0.15, 0.2) is 0 Å². The van der Waals surface area contributed by atoms with Gasteiger partial charge in [-0.3, -0.25) is 14.9 Å². The standard InChI is InChI=1S/C26H19Cl2FN2O4/c1-2-35-23-13-15(12-20(28)17(23)14-16-7-3-4-8-19(16)27)11-18-24(32)30-26(34)31(25(18)33)22-10-6-5-9-21(22)29/h3-13H,2,14H2,1H3,(H,30,32,34)/b18-11-. The molecule has 1 saturated heterocycles. The van der Waals surface area contributed by atoms with Crippen molar-refractivity contribution in [2.24, 2.45) is 0 Å². The van der Waals surface area contributed by atoms with Crippen LogP contribution in [0.5, 0.6) is 5.75 Å². The molecule has 1 N–H and O–H groups in total. The van der Waals surface area contributed by atoms with Crippen LogP contribution in [0.4, 0.5) is 14.9 Å². The van der Waals surface area contributed by atoms with Crippen LogP contribution in [0, 0.1) is 5.82 Å². The highest BCUT2D eigenvalue weighted by atomic mass is 35.5. The van der Waals surface area contributed by atoms with Crippen molar-refractivity contribution in [3.8, 4) is 5.75 Å². The molecule has 0 unspecified atom stereocenters. The van der Waals surface area contributed by atoms with Crippen LogP contribution < -0.4 is 15.0 Å². The number of nitrogens with zero attached hydrogens (tertiary/aromatic N) is 1. The SMILES string of the molecule is CCOc1cc(/C=C2/C(=O)NC(=O)N(c3ccccc3F)C2=O)cc(Cl)c1Cc1ccccc1Cl. The number of ether oxygens (including phenoxy) is 1. The summed E-state index contributed by atoms with van der Waals surface area (Å²) in [4.78, 5) is 38.5. The van der Waals surface area contributed by atoms with Crippen molar-refractivity contribution in [1.82, 2.24) is 5.32 Å². The van der Waals surface area contributed by atoms with E-state index in [0.29, 0.717) is 44.8 Å². The summed E-state index contributed by atoms with van der Waals surface area (Å²) in [5.41, 5.74) is 1.31. The van der Waals surface area contributed by atoms with Crippen LogP contribution in [0.2, 0.25) is 10.0 Å². The number of hydrogen-bond donors (Lipinski definition) is 1. The molecule has 4 rings (SSSR count). The first-order valence-electron chi connectivity index (χ1n) is 10.6. The fraction of sp³-hybridized carbons (Fsp3) is 0.115. The Morgan fingerprint density at radius 1 is 1.00 bits per heavy atom. The second-order valence-electron chi connectivity index (χ2n) is 7.59. The molecule has 1 fully saturated rings. The van der Waals surface area contributed by atoms with E-state index in [2.05, 4.69) is 5.32 Å². The average Bonchev–Trinajstić information content (AvgIpc) is 2.81. The van der Waals surface area contributed by atoms with Crippen LogP contribution in [0.15, 0.2) is 66.2 Å². The van der Waals surface area contributed by atoms with E-state index < -0.39 is 23.7 Å². The number of urea groups is 1. The van der Waals surface area contributed by atoms with Gasteiger partial charge in [0.2, 0.25) is 0 Å². The average molecular weight is 513 g/mol. The largest absolute Gasteiger partial charge is 0.494 e. The van der Waals surface area contributed by atoms with Gasteiger partial charge in [0, 0.05) is 22.0 Å². The van der Waals surface area contributed by atoms with Gasteiger partial charge in [0.1, 0.15) is 17.1 Å². The Morgan fingerprint density at radius 2 is 1.71 bits per heavy atom. The Morgan fingerprint density at radius 3 is 2.43 bits per heavy atom. The van der Waals surface area contributed by atoms with E-state index in [9.17, 15) is 18.8 Å². The third-order valence-electron chi connectivity index (χ3n) is 5.31. The van der Waals surface area contributed by atoms with Crippen molar-refractivity contribution < 1.29 is 23.5 Å². The number of hydrogen-bond acceptors (Lipinski definition) is 4. The molecule has 4 amide bonds. The van der Waals surface area contributed by atoms with E-state index >= 15 is 0 Å². The molecule has 0 aliphatic carbocycles. The second kappa shape index (κ2) is 10.3. The minimum Gasteiger partial charge on any atom is -0.494 e. The van der Waals surface area contributed by atoms with Crippen molar-refractivity contribution in [3.05, 3.63) is 98.8 Å². The third-order valence-corrected chi connectivity index (χ3v) is 6.01. The van der Waals surface area contributed by atoms with Gasteiger partial charge in [-0.15, -0.1) is 0 Å². The number of rotatable bonds is 6. The first-order chi connectivity index (χ1) is 16.8. The van der Waals surface area contributed by atoms with Crippen LogP contribution in [0.25, 0.3) is 6.08 Å². The Hall–Kier alpha value is -3.68. The molecule has 0 bridgehead atoms. The summed E-state index contributed by atoms with van der Waals surface area (Å²) < 4.78 is 20.1. The molecule has 1 heterocycles. The van der Waals surface area contributed by atoms with E-state index in [1.54, 1.807) is 18.2 Å². The van der Waals surface area contributed by atoms with Gasteiger partial charge < -0.3 is 4.74 Å². The molecule has 178 valence electrons. The topological polar surface area (TPSA) is 75.7 Å². The minimum absolute atomic E-state index is 0.267. The number of imide groups is 2. The number of nitrogens with one attached hydrogen (secondary N) is 1. The van der Waals surface area contributed by atoms with Gasteiger partial charge in [-0.25, -0.2) is 14.1 Å². The maximum absolute atomic E-state index is 14.3. The Balaban J connectivity index is 1.74. The molecular weight excluding hydrogens is 494 g/mol. The van der Waals surface area contributed by atoms with E-state index in [0.717, 1.165) is 11.6 Å². The maximum Gasteiger partial charge on any atom is 0.336 e. The van der Waals surface area contributed by atoms with E-state index in [1.165, 1.54) is 24.3 Å². The number of benzene rings is 3. The summed E-state index contributed by atoms with van der Waals surface area (Å²) in [6.45, 7) is 2.16. The predicted octanol–water partition coefficient (Wildman–Crippen LogP) is 5.79. The quantitative estimate of drug-likeness (QED) is 0.335. The number of amides is 4. The Bertz CT molecular complexity index is 1370. The van der Waals surface area contributed by atoms with Crippen LogP contribution in [-0.2, 0) is 16.0 Å². The highest BCUT2D eigenvalue weighted by Gasteiger charge is 2.38. The van der Waals surface area contributed by atoms with E-state index in [1.807, 2.05) is 25.1 Å². The molecule has 1 aliphatic rings. The number of para-hydroxylation sites is 1. The molecular formula is C26H19Cl2FN2O4. The minimum atomic E-state index is -1.04. The molecule has 1 aliphatic heterocycles. The number of carbonyl (C=O) groups excluding carboxylic acids is 3. The van der Waals surface area contributed by atoms with Crippen LogP contribution >= 0.6 is 23.2 Å². The van der Waals surface area contributed by atoms with E-state index in [-0.39, 0.29) is 11.3 Å². The Labute approximate surface area is 210 Å². The van der Waals surface area contributed by atoms with Crippen LogP contribution in [0.3, 0.4) is 0 Å². The third kappa shape index (κ3) is 5.06. The molecule has 0 aromatic heterocycles. The lowest BCUT2D eigenvalue weighted by atomic mass is 10.00. The van der Waals surface area contributed by atoms with Gasteiger partial charge in [-0.1, -0.05) is 53.5 Å². The van der Waals surface area contributed by atoms with Gasteiger partial charge in [0.25, 0.3) is 11.8 Å². The predicted molar refractivity (Wildman–Crippen MR) is 132 cm³/mol. The van der Waals surface area contributed by atoms with Gasteiger partial charge in [-0.05, 0) is 54.5 Å². The molecule has 0 saturated carbocycles. The molecule has 0 spiro atoms. The zero-order valence-electron chi connectivity index (χ0n) is 18.5. The van der Waals surface area contributed by atoms with Crippen LogP contribution in [0.1, 0.15) is 23.6 Å². The van der Waals surface area contributed by atoms with Crippen molar-refractivity contribution >= 4 is 52.8 Å². The molecule has 35 heavy (non-hydrogen) atoms. The van der Waals surface area contributed by atoms with Gasteiger partial charge in [-0.2, -0.15) is 0 Å². The van der Waals surface area contributed by atoms with Crippen molar-refractivity contribution in [1.29, 1.82) is 0 Å². The van der Waals surface area contributed by atoms with Gasteiger partial charge >= 0.3 is 6.03 Å². The summed E-state index contributed by atoms with van der Waals surface area (Å²) >= 11 is 12.9. The number of halogens is 3. The summed E-state index contributed by atoms with van der Waals surface area (Å²) in [5.74, 6) is -2.19. The molecule has 3 aromatic rings. The lowest BCUT2D eigenvalue weighted by Crippen LogP contribution is -2.54. The number of carbonyl (C=O) groups is 3. The number of barbiturate groups is 1. The van der Waals surface area contributed by atoms with Crippen LogP contribution in [-0.4, -0.2) is 24.5 Å². The highest BCUT2D eigenvalue weighted by molar-refractivity contribution is 6.39. The summed E-state index contributed by atoms with van der Waals surface area (Å²) in [6, 6.07) is 14.8. The monoisotopic (exact) mass is 512 g/mol. The normalized spacial score (nSPS) is 14.9. The smallest absolute Gasteiger partial charge is 0.336 e. The molecule has 6 nitrogen and oxygen atoms in total. The number of anilines is 1. The zero-order chi connectivity index (χ0) is 25.1. The van der Waals surface area contributed by atoms with Crippen molar-refractivity contribution in [3.63, 3.8) is 0 Å². The summed E-state index contributed by atoms with van der Waals surface area (Å²) in [5, 5.41) is 3.00. The molecule has 0 radical (unpaired) electrons. The zero-order valence-corrected chi connectivity index (χ0v) is 20.0. The van der Waals surface area contributed by atoms with Gasteiger partial charge in [0.05, 0.1) is 12.3 Å². The summed E-state index contributed by atoms with van der Waals surface area (Å²) in [7, 11) is 0. The highest BCUT2D eigenvalue weighted by Crippen LogP contribution is 2.34. The fourth-order valence-corrected chi connectivity index (χ4v) is 4.17. The summed E-state index contributed by atoms with van der Waals surface area (Å²) in [6.07, 6.45) is 1.69. The first kappa shape index (κ1) is 24.4. The second-order valence-corrected chi connectivity index (χ2v) is 8.40. The lowest BCUT2D eigenvalue weighted by molar-refractivity contribution is -0.122. The molecule has 3 aromatic carbocycles. The Kier molecular flexibility index (Phi) is 7.19.